The third-order valence-corrected chi connectivity index (χ3v) is 5.77. The molecule has 8 nitrogen and oxygen atoms in total. The molecule has 1 aromatic carbocycles. The summed E-state index contributed by atoms with van der Waals surface area (Å²) in [5.41, 5.74) is 3.66. The van der Waals surface area contributed by atoms with Crippen LogP contribution in [0.4, 0.5) is 0 Å². The third-order valence-electron chi connectivity index (χ3n) is 5.77. The number of fused-ring (bicyclic) bond motifs is 2. The number of furan rings is 1. The van der Waals surface area contributed by atoms with E-state index in [2.05, 4.69) is 19.9 Å². The second-order valence-corrected chi connectivity index (χ2v) is 7.75. The second-order valence-electron chi connectivity index (χ2n) is 7.75. The van der Waals surface area contributed by atoms with Gasteiger partial charge in [0.15, 0.2) is 0 Å². The van der Waals surface area contributed by atoms with Crippen LogP contribution in [0.3, 0.4) is 0 Å². The molecule has 0 saturated carbocycles. The first-order valence-corrected chi connectivity index (χ1v) is 10.4. The van der Waals surface area contributed by atoms with Crippen molar-refractivity contribution in [3.8, 4) is 11.6 Å². The van der Waals surface area contributed by atoms with Crippen molar-refractivity contribution < 1.29 is 13.6 Å². The Morgan fingerprint density at radius 1 is 1.12 bits per heavy atom. The number of nitrogens with one attached hydrogen (secondary N) is 1. The van der Waals surface area contributed by atoms with Crippen molar-refractivity contribution in [3.63, 3.8) is 0 Å². The van der Waals surface area contributed by atoms with Gasteiger partial charge < -0.3 is 18.7 Å². The van der Waals surface area contributed by atoms with Crippen LogP contribution in [0.25, 0.3) is 22.6 Å². The Morgan fingerprint density at radius 2 is 2.00 bits per heavy atom. The summed E-state index contributed by atoms with van der Waals surface area (Å²) in [6, 6.07) is 14.8. The van der Waals surface area contributed by atoms with Gasteiger partial charge >= 0.3 is 0 Å². The number of carbonyl (C=O) groups is 1. The predicted octanol–water partition coefficient (Wildman–Crippen LogP) is 4.30. The quantitative estimate of drug-likeness (QED) is 0.462. The van der Waals surface area contributed by atoms with Crippen molar-refractivity contribution in [3.05, 3.63) is 89.7 Å². The maximum Gasteiger partial charge on any atom is 0.292 e. The van der Waals surface area contributed by atoms with Gasteiger partial charge in [-0.2, -0.15) is 0 Å². The zero-order chi connectivity index (χ0) is 21.7. The van der Waals surface area contributed by atoms with E-state index < -0.39 is 6.04 Å². The van der Waals surface area contributed by atoms with Gasteiger partial charge in [0.2, 0.25) is 11.7 Å². The number of amides is 1. The number of aromatic nitrogens is 4. The van der Waals surface area contributed by atoms with E-state index in [1.165, 1.54) is 0 Å². The Balaban J connectivity index is 1.43. The van der Waals surface area contributed by atoms with E-state index in [1.807, 2.05) is 42.5 Å². The lowest BCUT2D eigenvalue weighted by atomic mass is 9.99. The van der Waals surface area contributed by atoms with Crippen molar-refractivity contribution in [2.24, 2.45) is 0 Å². The molecule has 1 amide bonds. The van der Waals surface area contributed by atoms with Gasteiger partial charge in [-0.3, -0.25) is 9.78 Å². The third kappa shape index (κ3) is 2.91. The highest BCUT2D eigenvalue weighted by Crippen LogP contribution is 2.37. The van der Waals surface area contributed by atoms with E-state index in [9.17, 15) is 4.79 Å². The molecule has 158 valence electrons. The number of pyridine rings is 1. The van der Waals surface area contributed by atoms with E-state index in [-0.39, 0.29) is 11.7 Å². The summed E-state index contributed by atoms with van der Waals surface area (Å²) < 4.78 is 12.1. The molecule has 1 aliphatic heterocycles. The fraction of sp³-hybridized carbons (Fsp3) is 0.167. The van der Waals surface area contributed by atoms with Crippen LogP contribution in [0.5, 0.6) is 0 Å². The average Bonchev–Trinajstić information content (AvgIpc) is 3.56. The van der Waals surface area contributed by atoms with Gasteiger partial charge in [-0.1, -0.05) is 24.3 Å². The lowest BCUT2D eigenvalue weighted by Gasteiger charge is -2.33. The minimum atomic E-state index is -0.465. The number of H-pyrrole nitrogens is 1. The van der Waals surface area contributed by atoms with E-state index in [4.69, 9.17) is 8.83 Å². The van der Waals surface area contributed by atoms with Crippen LogP contribution in [-0.4, -0.2) is 37.3 Å². The van der Waals surface area contributed by atoms with Crippen LogP contribution < -0.4 is 0 Å². The molecule has 0 saturated heterocycles. The molecule has 6 rings (SSSR count). The maximum atomic E-state index is 13.7. The summed E-state index contributed by atoms with van der Waals surface area (Å²) in [6.45, 7) is 2.26. The number of nitrogens with zero attached hydrogens (tertiary/aromatic N) is 4. The molecule has 0 spiro atoms. The zero-order valence-electron chi connectivity index (χ0n) is 17.3. The van der Waals surface area contributed by atoms with Gasteiger partial charge in [0.1, 0.15) is 23.1 Å². The number of carbonyl (C=O) groups excluding carboxylic acids is 1. The van der Waals surface area contributed by atoms with Crippen molar-refractivity contribution in [1.29, 1.82) is 0 Å². The van der Waals surface area contributed by atoms with Crippen molar-refractivity contribution in [2.75, 3.05) is 6.54 Å². The van der Waals surface area contributed by atoms with E-state index in [0.717, 1.165) is 22.4 Å². The zero-order valence-corrected chi connectivity index (χ0v) is 17.3. The maximum absolute atomic E-state index is 13.7. The summed E-state index contributed by atoms with van der Waals surface area (Å²) >= 11 is 0. The van der Waals surface area contributed by atoms with Crippen LogP contribution in [0.1, 0.15) is 39.4 Å². The molecular weight excluding hydrogens is 406 g/mol. The van der Waals surface area contributed by atoms with Crippen LogP contribution >= 0.6 is 0 Å². The van der Waals surface area contributed by atoms with Crippen molar-refractivity contribution in [1.82, 2.24) is 24.8 Å². The number of para-hydroxylation sites is 1. The summed E-state index contributed by atoms with van der Waals surface area (Å²) in [5.74, 6) is 0.931. The fourth-order valence-corrected chi connectivity index (χ4v) is 4.24. The molecule has 0 unspecified atom stereocenters. The molecule has 0 aliphatic carbocycles. The van der Waals surface area contributed by atoms with Gasteiger partial charge in [-0.15, -0.1) is 0 Å². The molecular formula is C24H19N5O3. The highest BCUT2D eigenvalue weighted by atomic mass is 16.4. The number of imidazole rings is 1. The molecule has 32 heavy (non-hydrogen) atoms. The summed E-state index contributed by atoms with van der Waals surface area (Å²) in [6.07, 6.45) is 3.99. The smallest absolute Gasteiger partial charge is 0.292 e. The minimum Gasteiger partial charge on any atom is -0.458 e. The molecule has 0 fully saturated rings. The van der Waals surface area contributed by atoms with Gasteiger partial charge in [-0.25, -0.2) is 9.97 Å². The lowest BCUT2D eigenvalue weighted by molar-refractivity contribution is 0.0640. The van der Waals surface area contributed by atoms with Crippen LogP contribution in [0.15, 0.2) is 69.9 Å². The van der Waals surface area contributed by atoms with E-state index in [1.54, 1.807) is 30.4 Å². The monoisotopic (exact) mass is 425 g/mol. The molecule has 4 aromatic heterocycles. The van der Waals surface area contributed by atoms with Gasteiger partial charge in [0.05, 0.1) is 17.7 Å². The van der Waals surface area contributed by atoms with Gasteiger partial charge in [0.25, 0.3) is 5.91 Å². The number of benzene rings is 1. The molecule has 5 heterocycles. The van der Waals surface area contributed by atoms with Gasteiger partial charge in [0, 0.05) is 30.2 Å². The van der Waals surface area contributed by atoms with Crippen molar-refractivity contribution in [2.45, 2.75) is 19.4 Å². The van der Waals surface area contributed by atoms with Crippen LogP contribution in [-0.2, 0) is 6.42 Å². The Hall–Kier alpha value is -4.20. The summed E-state index contributed by atoms with van der Waals surface area (Å²) in [5, 5.41) is 0.978. The number of hydrogen-bond acceptors (Lipinski definition) is 6. The summed E-state index contributed by atoms with van der Waals surface area (Å²) in [7, 11) is 0. The first-order chi connectivity index (χ1) is 15.7. The first-order valence-electron chi connectivity index (χ1n) is 10.4. The molecule has 1 atom stereocenters. The topological polar surface area (TPSA) is 101 Å². The SMILES string of the molecule is Cc1nc(-c2ccccn2)oc1C(=O)N1CCc2[nH]cnc2[C@H]1c1cc2ccccc2o1. The fourth-order valence-electron chi connectivity index (χ4n) is 4.24. The lowest BCUT2D eigenvalue weighted by Crippen LogP contribution is -2.40. The molecule has 5 aromatic rings. The molecule has 0 radical (unpaired) electrons. The Bertz CT molecular complexity index is 1400. The number of hydrogen-bond donors (Lipinski definition) is 1. The number of oxazole rings is 1. The highest BCUT2D eigenvalue weighted by molar-refractivity contribution is 5.93. The molecule has 8 heteroatoms. The predicted molar refractivity (Wildman–Crippen MR) is 116 cm³/mol. The van der Waals surface area contributed by atoms with Crippen LogP contribution in [0.2, 0.25) is 0 Å². The number of aromatic amines is 1. The standard InChI is InChI=1S/C24H19N5O3/c1-14-22(32-23(28-14)17-7-4-5-10-25-17)24(30)29-11-9-16-20(27-13-26-16)21(29)19-12-15-6-2-3-8-18(15)31-19/h2-8,10,12-13,21H,9,11H2,1H3,(H,26,27)/t21-/m1/s1. The van der Waals surface area contributed by atoms with E-state index in [0.29, 0.717) is 36.0 Å². The highest BCUT2D eigenvalue weighted by Gasteiger charge is 2.38. The Labute approximate surface area is 182 Å². The normalized spacial score (nSPS) is 15.8. The minimum absolute atomic E-state index is 0.200. The largest absolute Gasteiger partial charge is 0.458 e. The first kappa shape index (κ1) is 18.6. The summed E-state index contributed by atoms with van der Waals surface area (Å²) in [4.78, 5) is 31.9. The Kier molecular flexibility index (Phi) is 4.17. The number of aryl methyl sites for hydroxylation is 1. The van der Waals surface area contributed by atoms with Crippen molar-refractivity contribution >= 4 is 16.9 Å². The molecule has 1 aliphatic rings. The average molecular weight is 425 g/mol. The Morgan fingerprint density at radius 3 is 2.84 bits per heavy atom. The molecule has 0 bridgehead atoms. The second kappa shape index (κ2) is 7.19. The van der Waals surface area contributed by atoms with E-state index >= 15 is 0 Å². The van der Waals surface area contributed by atoms with Crippen LogP contribution in [0, 0.1) is 6.92 Å². The molecule has 1 N–H and O–H groups in total. The van der Waals surface area contributed by atoms with Gasteiger partial charge in [-0.05, 0) is 31.2 Å². The number of rotatable bonds is 3.